The van der Waals surface area contributed by atoms with E-state index < -0.39 is 0 Å². The van der Waals surface area contributed by atoms with Gasteiger partial charge in [0.05, 0.1) is 0 Å². The second-order valence-corrected chi connectivity index (χ2v) is 6.33. The molecule has 2 heteroatoms. The largest absolute Gasteiger partial charge is 0.330 e. The molecule has 1 atom stereocenters. The molecule has 1 aliphatic rings. The minimum Gasteiger partial charge on any atom is -0.330 e. The highest BCUT2D eigenvalue weighted by Gasteiger charge is 2.24. The molecular formula is C14H30N2. The number of hydrogen-bond donors (Lipinski definition) is 1. The van der Waals surface area contributed by atoms with Crippen LogP contribution in [0.25, 0.3) is 0 Å². The summed E-state index contributed by atoms with van der Waals surface area (Å²) >= 11 is 0. The normalized spacial score (nSPS) is 23.2. The van der Waals surface area contributed by atoms with E-state index in [1.807, 2.05) is 0 Å². The van der Waals surface area contributed by atoms with Gasteiger partial charge in [-0.2, -0.15) is 0 Å². The third-order valence-corrected chi connectivity index (χ3v) is 4.04. The Morgan fingerprint density at radius 2 is 1.81 bits per heavy atom. The number of hydrogen-bond acceptors (Lipinski definition) is 2. The SMILES string of the molecule is CC(CCN)CCCN1CCC(C)(C)CC1. The van der Waals surface area contributed by atoms with Crippen molar-refractivity contribution in [3.63, 3.8) is 0 Å². The molecule has 1 heterocycles. The quantitative estimate of drug-likeness (QED) is 0.754. The number of nitrogens with two attached hydrogens (primary N) is 1. The molecule has 0 radical (unpaired) electrons. The van der Waals surface area contributed by atoms with Gasteiger partial charge in [-0.15, -0.1) is 0 Å². The Hall–Kier alpha value is -0.0800. The van der Waals surface area contributed by atoms with Crippen LogP contribution in [0.1, 0.15) is 52.9 Å². The van der Waals surface area contributed by atoms with Gasteiger partial charge in [0, 0.05) is 0 Å². The van der Waals surface area contributed by atoms with Crippen LogP contribution in [-0.4, -0.2) is 31.1 Å². The summed E-state index contributed by atoms with van der Waals surface area (Å²) in [6.45, 7) is 11.9. The van der Waals surface area contributed by atoms with Crippen molar-refractivity contribution in [2.75, 3.05) is 26.2 Å². The van der Waals surface area contributed by atoms with Crippen molar-refractivity contribution in [2.24, 2.45) is 17.1 Å². The van der Waals surface area contributed by atoms with Gasteiger partial charge in [-0.25, -0.2) is 0 Å². The molecule has 96 valence electrons. The zero-order chi connectivity index (χ0) is 12.0. The monoisotopic (exact) mass is 226 g/mol. The highest BCUT2D eigenvalue weighted by Crippen LogP contribution is 2.29. The molecule has 0 aromatic rings. The van der Waals surface area contributed by atoms with Crippen molar-refractivity contribution in [1.29, 1.82) is 0 Å². The van der Waals surface area contributed by atoms with Gasteiger partial charge in [-0.3, -0.25) is 0 Å². The van der Waals surface area contributed by atoms with E-state index in [2.05, 4.69) is 25.7 Å². The second kappa shape index (κ2) is 6.61. The lowest BCUT2D eigenvalue weighted by Crippen LogP contribution is -2.37. The predicted octanol–water partition coefficient (Wildman–Crippen LogP) is 2.87. The highest BCUT2D eigenvalue weighted by molar-refractivity contribution is 4.78. The third-order valence-electron chi connectivity index (χ3n) is 4.04. The van der Waals surface area contributed by atoms with E-state index >= 15 is 0 Å². The van der Waals surface area contributed by atoms with E-state index in [0.717, 1.165) is 12.5 Å². The van der Waals surface area contributed by atoms with E-state index in [0.29, 0.717) is 5.41 Å². The Morgan fingerprint density at radius 3 is 2.38 bits per heavy atom. The standard InChI is InChI=1S/C14H30N2/c1-13(6-9-15)5-4-10-16-11-7-14(2,3)8-12-16/h13H,4-12,15H2,1-3H3. The van der Waals surface area contributed by atoms with Crippen molar-refractivity contribution in [3.05, 3.63) is 0 Å². The Labute approximate surface area is 102 Å². The predicted molar refractivity (Wildman–Crippen MR) is 71.5 cm³/mol. The smallest absolute Gasteiger partial charge is 0.00136 e. The number of rotatable bonds is 6. The topological polar surface area (TPSA) is 29.3 Å². The van der Waals surface area contributed by atoms with Crippen LogP contribution in [-0.2, 0) is 0 Å². The lowest BCUT2D eigenvalue weighted by atomic mass is 9.82. The number of likely N-dealkylation sites (tertiary alicyclic amines) is 1. The molecule has 1 rings (SSSR count). The molecule has 1 aliphatic heterocycles. The molecule has 1 unspecified atom stereocenters. The van der Waals surface area contributed by atoms with Crippen molar-refractivity contribution in [1.82, 2.24) is 4.90 Å². The Kier molecular flexibility index (Phi) is 5.77. The molecule has 1 saturated heterocycles. The summed E-state index contributed by atoms with van der Waals surface area (Å²) in [7, 11) is 0. The maximum Gasteiger partial charge on any atom is -0.00136 e. The van der Waals surface area contributed by atoms with Crippen LogP contribution in [0.4, 0.5) is 0 Å². The average Bonchev–Trinajstić information content (AvgIpc) is 2.21. The zero-order valence-electron chi connectivity index (χ0n) is 11.5. The fraction of sp³-hybridized carbons (Fsp3) is 1.00. The average molecular weight is 226 g/mol. The molecule has 0 aromatic carbocycles. The summed E-state index contributed by atoms with van der Waals surface area (Å²) in [5.41, 5.74) is 6.15. The summed E-state index contributed by atoms with van der Waals surface area (Å²) in [4.78, 5) is 2.64. The summed E-state index contributed by atoms with van der Waals surface area (Å²) in [5, 5.41) is 0. The molecule has 2 nitrogen and oxygen atoms in total. The summed E-state index contributed by atoms with van der Waals surface area (Å²) in [6, 6.07) is 0. The lowest BCUT2D eigenvalue weighted by molar-refractivity contribution is 0.129. The highest BCUT2D eigenvalue weighted by atomic mass is 15.1. The van der Waals surface area contributed by atoms with E-state index in [1.54, 1.807) is 0 Å². The lowest BCUT2D eigenvalue weighted by Gasteiger charge is -2.37. The molecule has 0 aliphatic carbocycles. The molecular weight excluding hydrogens is 196 g/mol. The van der Waals surface area contributed by atoms with E-state index in [9.17, 15) is 0 Å². The van der Waals surface area contributed by atoms with Gasteiger partial charge >= 0.3 is 0 Å². The van der Waals surface area contributed by atoms with Crippen molar-refractivity contribution in [2.45, 2.75) is 52.9 Å². The van der Waals surface area contributed by atoms with Crippen LogP contribution < -0.4 is 5.73 Å². The zero-order valence-corrected chi connectivity index (χ0v) is 11.5. The van der Waals surface area contributed by atoms with Gasteiger partial charge in [0.25, 0.3) is 0 Å². The Balaban J connectivity index is 2.06. The van der Waals surface area contributed by atoms with Crippen molar-refractivity contribution >= 4 is 0 Å². The van der Waals surface area contributed by atoms with Gasteiger partial charge in [0.2, 0.25) is 0 Å². The molecule has 1 fully saturated rings. The van der Waals surface area contributed by atoms with Gasteiger partial charge in [-0.05, 0) is 69.6 Å². The van der Waals surface area contributed by atoms with Gasteiger partial charge in [0.1, 0.15) is 0 Å². The van der Waals surface area contributed by atoms with E-state index in [1.165, 1.54) is 51.7 Å². The van der Waals surface area contributed by atoms with E-state index in [4.69, 9.17) is 5.73 Å². The van der Waals surface area contributed by atoms with E-state index in [-0.39, 0.29) is 0 Å². The van der Waals surface area contributed by atoms with Crippen molar-refractivity contribution < 1.29 is 0 Å². The summed E-state index contributed by atoms with van der Waals surface area (Å²) < 4.78 is 0. The fourth-order valence-corrected chi connectivity index (χ4v) is 2.47. The van der Waals surface area contributed by atoms with Crippen LogP contribution in [0, 0.1) is 11.3 Å². The molecule has 2 N–H and O–H groups in total. The van der Waals surface area contributed by atoms with Crippen LogP contribution in [0.5, 0.6) is 0 Å². The molecule has 0 aromatic heterocycles. The van der Waals surface area contributed by atoms with Gasteiger partial charge in [-0.1, -0.05) is 20.8 Å². The summed E-state index contributed by atoms with van der Waals surface area (Å²) in [5.74, 6) is 0.811. The molecule has 0 bridgehead atoms. The molecule has 16 heavy (non-hydrogen) atoms. The minimum absolute atomic E-state index is 0.587. The first-order valence-electron chi connectivity index (χ1n) is 6.96. The van der Waals surface area contributed by atoms with Crippen LogP contribution >= 0.6 is 0 Å². The fourth-order valence-electron chi connectivity index (χ4n) is 2.47. The Morgan fingerprint density at radius 1 is 1.19 bits per heavy atom. The van der Waals surface area contributed by atoms with Crippen molar-refractivity contribution in [3.8, 4) is 0 Å². The molecule has 0 saturated carbocycles. The minimum atomic E-state index is 0.587. The summed E-state index contributed by atoms with van der Waals surface area (Å²) in [6.07, 6.45) is 6.61. The maximum atomic E-state index is 5.56. The van der Waals surface area contributed by atoms with Gasteiger partial charge < -0.3 is 10.6 Å². The third kappa shape index (κ3) is 5.31. The first kappa shape index (κ1) is 14.0. The van der Waals surface area contributed by atoms with Gasteiger partial charge in [0.15, 0.2) is 0 Å². The first-order chi connectivity index (χ1) is 7.53. The first-order valence-corrected chi connectivity index (χ1v) is 6.96. The molecule has 0 spiro atoms. The van der Waals surface area contributed by atoms with Crippen LogP contribution in [0.15, 0.2) is 0 Å². The number of piperidine rings is 1. The van der Waals surface area contributed by atoms with Crippen LogP contribution in [0.3, 0.4) is 0 Å². The number of nitrogens with zero attached hydrogens (tertiary/aromatic N) is 1. The second-order valence-electron chi connectivity index (χ2n) is 6.33. The maximum absolute atomic E-state index is 5.56. The van der Waals surface area contributed by atoms with Crippen LogP contribution in [0.2, 0.25) is 0 Å². The Bertz CT molecular complexity index is 179. The molecule has 0 amide bonds.